The number of likely N-dealkylation sites (tertiary alicyclic amines) is 1. The first-order valence-electron chi connectivity index (χ1n) is 7.38. The number of carbonyl (C=O) groups is 1. The Labute approximate surface area is 123 Å². The lowest BCUT2D eigenvalue weighted by atomic mass is 9.90. The molecule has 2 unspecified atom stereocenters. The van der Waals surface area contributed by atoms with Crippen molar-refractivity contribution in [2.24, 2.45) is 5.92 Å². The van der Waals surface area contributed by atoms with E-state index >= 15 is 0 Å². The molecule has 1 N–H and O–H groups in total. The van der Waals surface area contributed by atoms with Crippen LogP contribution < -0.4 is 0 Å². The molecule has 0 aliphatic carbocycles. The standard InChI is InChI=1S/C14H25F3N2O2/c1-4-5-11(18(2)3)13(21)19-8-6-10(7-9-19)12(20)14(15,16)17/h10-12,20H,4-9H2,1-3H3. The van der Waals surface area contributed by atoms with Crippen LogP contribution in [0.2, 0.25) is 0 Å². The number of rotatable bonds is 5. The summed E-state index contributed by atoms with van der Waals surface area (Å²) >= 11 is 0. The number of halogens is 3. The molecule has 0 aromatic carbocycles. The van der Waals surface area contributed by atoms with Gasteiger partial charge in [0, 0.05) is 13.1 Å². The summed E-state index contributed by atoms with van der Waals surface area (Å²) in [7, 11) is 3.66. The first-order valence-corrected chi connectivity index (χ1v) is 7.38. The first kappa shape index (κ1) is 18.2. The Morgan fingerprint density at radius 1 is 1.33 bits per heavy atom. The molecule has 0 aromatic rings. The highest BCUT2D eigenvalue weighted by Crippen LogP contribution is 2.31. The summed E-state index contributed by atoms with van der Waals surface area (Å²) in [6.45, 7) is 2.56. The number of alkyl halides is 3. The molecule has 1 fully saturated rings. The molecule has 1 aliphatic heterocycles. The van der Waals surface area contributed by atoms with Crippen molar-refractivity contribution < 1.29 is 23.1 Å². The van der Waals surface area contributed by atoms with E-state index in [4.69, 9.17) is 0 Å². The van der Waals surface area contributed by atoms with Gasteiger partial charge in [-0.05, 0) is 39.3 Å². The number of nitrogens with zero attached hydrogens (tertiary/aromatic N) is 2. The van der Waals surface area contributed by atoms with Crippen LogP contribution in [-0.4, -0.2) is 66.3 Å². The van der Waals surface area contributed by atoms with Crippen LogP contribution in [0.15, 0.2) is 0 Å². The van der Waals surface area contributed by atoms with Crippen LogP contribution in [0.4, 0.5) is 13.2 Å². The second-order valence-corrected chi connectivity index (χ2v) is 5.92. The maximum Gasteiger partial charge on any atom is 0.414 e. The lowest BCUT2D eigenvalue weighted by molar-refractivity contribution is -0.223. The van der Waals surface area contributed by atoms with E-state index in [1.165, 1.54) is 0 Å². The number of carbonyl (C=O) groups excluding carboxylic acids is 1. The summed E-state index contributed by atoms with van der Waals surface area (Å²) in [5, 5.41) is 9.28. The molecular formula is C14H25F3N2O2. The zero-order chi connectivity index (χ0) is 16.2. The summed E-state index contributed by atoms with van der Waals surface area (Å²) in [5.74, 6) is -0.833. The molecule has 1 rings (SSSR count). The van der Waals surface area contributed by atoms with Gasteiger partial charge in [0.05, 0.1) is 6.04 Å². The van der Waals surface area contributed by atoms with Gasteiger partial charge < -0.3 is 10.0 Å². The normalized spacial score (nSPS) is 20.7. The van der Waals surface area contributed by atoms with Gasteiger partial charge in [0.1, 0.15) is 0 Å². The summed E-state index contributed by atoms with van der Waals surface area (Å²) in [5.41, 5.74) is 0. The summed E-state index contributed by atoms with van der Waals surface area (Å²) in [4.78, 5) is 15.9. The Bertz CT molecular complexity index is 340. The first-order chi connectivity index (χ1) is 9.68. The SMILES string of the molecule is CCCC(C(=O)N1CCC(C(O)C(F)(F)F)CC1)N(C)C. The highest BCUT2D eigenvalue weighted by molar-refractivity contribution is 5.81. The minimum atomic E-state index is -4.58. The Hall–Kier alpha value is -0.820. The van der Waals surface area contributed by atoms with Crippen LogP contribution in [0.25, 0.3) is 0 Å². The van der Waals surface area contributed by atoms with Crippen molar-refractivity contribution in [3.05, 3.63) is 0 Å². The molecule has 1 aliphatic rings. The summed E-state index contributed by atoms with van der Waals surface area (Å²) < 4.78 is 37.5. The minimum absolute atomic E-state index is 0.0261. The number of hydrogen-bond acceptors (Lipinski definition) is 3. The van der Waals surface area contributed by atoms with E-state index < -0.39 is 18.2 Å². The molecule has 4 nitrogen and oxygen atoms in total. The van der Waals surface area contributed by atoms with E-state index in [2.05, 4.69) is 0 Å². The largest absolute Gasteiger partial charge is 0.414 e. The molecule has 0 spiro atoms. The van der Waals surface area contributed by atoms with Gasteiger partial charge in [-0.3, -0.25) is 9.69 Å². The molecule has 0 saturated carbocycles. The Morgan fingerprint density at radius 2 is 1.86 bits per heavy atom. The fraction of sp³-hybridized carbons (Fsp3) is 0.929. The maximum absolute atomic E-state index is 12.5. The highest BCUT2D eigenvalue weighted by atomic mass is 19.4. The maximum atomic E-state index is 12.5. The average molecular weight is 310 g/mol. The Morgan fingerprint density at radius 3 is 2.24 bits per heavy atom. The van der Waals surface area contributed by atoms with Crippen molar-refractivity contribution in [2.75, 3.05) is 27.2 Å². The molecule has 2 atom stereocenters. The van der Waals surface area contributed by atoms with Gasteiger partial charge in [-0.15, -0.1) is 0 Å². The van der Waals surface area contributed by atoms with Crippen LogP contribution in [0, 0.1) is 5.92 Å². The lowest BCUT2D eigenvalue weighted by Gasteiger charge is -2.37. The third-order valence-corrected chi connectivity index (χ3v) is 4.10. The van der Waals surface area contributed by atoms with Crippen molar-refractivity contribution in [3.8, 4) is 0 Å². The molecule has 0 radical (unpaired) electrons. The molecule has 1 heterocycles. The van der Waals surface area contributed by atoms with Gasteiger partial charge in [-0.25, -0.2) is 0 Å². The van der Waals surface area contributed by atoms with Crippen molar-refractivity contribution >= 4 is 5.91 Å². The third-order valence-electron chi connectivity index (χ3n) is 4.10. The zero-order valence-electron chi connectivity index (χ0n) is 12.9. The molecule has 21 heavy (non-hydrogen) atoms. The van der Waals surface area contributed by atoms with E-state index in [-0.39, 0.29) is 37.9 Å². The van der Waals surface area contributed by atoms with E-state index in [1.807, 2.05) is 25.9 Å². The second kappa shape index (κ2) is 7.45. The van der Waals surface area contributed by atoms with Gasteiger partial charge in [-0.1, -0.05) is 13.3 Å². The molecule has 0 aromatic heterocycles. The van der Waals surface area contributed by atoms with Crippen molar-refractivity contribution in [3.63, 3.8) is 0 Å². The van der Waals surface area contributed by atoms with Crippen LogP contribution in [0.5, 0.6) is 0 Å². The summed E-state index contributed by atoms with van der Waals surface area (Å²) in [6, 6.07) is -0.223. The molecule has 1 saturated heterocycles. The number of aliphatic hydroxyl groups is 1. The zero-order valence-corrected chi connectivity index (χ0v) is 12.9. The molecule has 0 bridgehead atoms. The van der Waals surface area contributed by atoms with Gasteiger partial charge in [0.25, 0.3) is 0 Å². The van der Waals surface area contributed by atoms with E-state index in [1.54, 1.807) is 4.90 Å². The number of hydrogen-bond donors (Lipinski definition) is 1. The summed E-state index contributed by atoms with van der Waals surface area (Å²) in [6.07, 6.45) is -4.87. The Kier molecular flexibility index (Phi) is 6.46. The van der Waals surface area contributed by atoms with Gasteiger partial charge in [0.2, 0.25) is 5.91 Å². The van der Waals surface area contributed by atoms with Gasteiger partial charge in [-0.2, -0.15) is 13.2 Å². The minimum Gasteiger partial charge on any atom is -0.383 e. The van der Waals surface area contributed by atoms with Gasteiger partial charge >= 0.3 is 6.18 Å². The monoisotopic (exact) mass is 310 g/mol. The number of piperidine rings is 1. The van der Waals surface area contributed by atoms with E-state index in [0.717, 1.165) is 12.8 Å². The topological polar surface area (TPSA) is 43.8 Å². The van der Waals surface area contributed by atoms with Crippen LogP contribution in [0.1, 0.15) is 32.6 Å². The number of likely N-dealkylation sites (N-methyl/N-ethyl adjacent to an activating group) is 1. The molecule has 1 amide bonds. The fourth-order valence-electron chi connectivity index (χ4n) is 2.79. The van der Waals surface area contributed by atoms with E-state index in [0.29, 0.717) is 0 Å². The molecular weight excluding hydrogens is 285 g/mol. The smallest absolute Gasteiger partial charge is 0.383 e. The average Bonchev–Trinajstić information content (AvgIpc) is 2.42. The third kappa shape index (κ3) is 4.85. The van der Waals surface area contributed by atoms with Crippen LogP contribution in [-0.2, 0) is 4.79 Å². The van der Waals surface area contributed by atoms with Crippen molar-refractivity contribution in [1.29, 1.82) is 0 Å². The second-order valence-electron chi connectivity index (χ2n) is 5.92. The van der Waals surface area contributed by atoms with E-state index in [9.17, 15) is 23.1 Å². The Balaban J connectivity index is 2.57. The van der Waals surface area contributed by atoms with Gasteiger partial charge in [0.15, 0.2) is 6.10 Å². The predicted molar refractivity (Wildman–Crippen MR) is 73.7 cm³/mol. The van der Waals surface area contributed by atoms with Crippen molar-refractivity contribution in [1.82, 2.24) is 9.80 Å². The number of aliphatic hydroxyl groups excluding tert-OH is 1. The van der Waals surface area contributed by atoms with Crippen LogP contribution >= 0.6 is 0 Å². The molecule has 7 heteroatoms. The quantitative estimate of drug-likeness (QED) is 0.843. The lowest BCUT2D eigenvalue weighted by Crippen LogP contribution is -2.50. The highest BCUT2D eigenvalue weighted by Gasteiger charge is 2.44. The van der Waals surface area contributed by atoms with Crippen molar-refractivity contribution in [2.45, 2.75) is 50.9 Å². The molecule has 124 valence electrons. The van der Waals surface area contributed by atoms with Crippen LogP contribution in [0.3, 0.4) is 0 Å². The number of amides is 1. The predicted octanol–water partition coefficient (Wildman–Crippen LogP) is 1.88. The fourth-order valence-corrected chi connectivity index (χ4v) is 2.79.